The van der Waals surface area contributed by atoms with Gasteiger partial charge >= 0.3 is 0 Å². The van der Waals surface area contributed by atoms with E-state index in [1.165, 1.54) is 16.0 Å². The fourth-order valence-corrected chi connectivity index (χ4v) is 4.52. The Hall–Kier alpha value is -3.86. The zero-order valence-electron chi connectivity index (χ0n) is 18.2. The van der Waals surface area contributed by atoms with Gasteiger partial charge in [0.2, 0.25) is 0 Å². The molecule has 0 bridgehead atoms. The highest BCUT2D eigenvalue weighted by Crippen LogP contribution is 2.39. The average Bonchev–Trinajstić information content (AvgIpc) is 3.09. The molecule has 2 aliphatic heterocycles. The summed E-state index contributed by atoms with van der Waals surface area (Å²) in [4.78, 5) is 30.8. The van der Waals surface area contributed by atoms with Crippen LogP contribution in [0.15, 0.2) is 78.5 Å². The summed E-state index contributed by atoms with van der Waals surface area (Å²) in [6.45, 7) is 3.24. The highest BCUT2D eigenvalue weighted by Gasteiger charge is 2.43. The summed E-state index contributed by atoms with van der Waals surface area (Å²) in [7, 11) is 1.58. The highest BCUT2D eigenvalue weighted by molar-refractivity contribution is 6.45. The number of carbonyl (C=O) groups excluding carboxylic acids is 2. The van der Waals surface area contributed by atoms with Crippen LogP contribution in [0.1, 0.15) is 22.3 Å². The molecule has 0 unspecified atom stereocenters. The van der Waals surface area contributed by atoms with Crippen molar-refractivity contribution in [2.45, 2.75) is 19.9 Å². The van der Waals surface area contributed by atoms with Crippen LogP contribution < -0.4 is 9.64 Å². The van der Waals surface area contributed by atoms with Gasteiger partial charge in [0.25, 0.3) is 11.8 Å². The smallest absolute Gasteiger partial charge is 0.282 e. The van der Waals surface area contributed by atoms with E-state index in [2.05, 4.69) is 12.1 Å². The molecule has 0 saturated heterocycles. The number of rotatable bonds is 4. The first-order valence-corrected chi connectivity index (χ1v) is 10.7. The largest absolute Gasteiger partial charge is 0.496 e. The van der Waals surface area contributed by atoms with Crippen LogP contribution in [-0.2, 0) is 22.6 Å². The predicted octanol–water partition coefficient (Wildman–Crippen LogP) is 4.35. The molecule has 0 fully saturated rings. The molecule has 2 heterocycles. The van der Waals surface area contributed by atoms with Crippen molar-refractivity contribution in [3.63, 3.8) is 0 Å². The van der Waals surface area contributed by atoms with Crippen molar-refractivity contribution in [1.82, 2.24) is 4.90 Å². The van der Waals surface area contributed by atoms with Crippen molar-refractivity contribution in [3.8, 4) is 5.75 Å². The zero-order chi connectivity index (χ0) is 22.2. The van der Waals surface area contributed by atoms with E-state index in [0.29, 0.717) is 41.4 Å². The summed E-state index contributed by atoms with van der Waals surface area (Å²) in [6.07, 6.45) is 0.824. The van der Waals surface area contributed by atoms with Crippen LogP contribution in [0.3, 0.4) is 0 Å². The predicted molar refractivity (Wildman–Crippen MR) is 124 cm³/mol. The second kappa shape index (κ2) is 8.00. The third kappa shape index (κ3) is 3.26. The number of anilines is 1. The van der Waals surface area contributed by atoms with Crippen LogP contribution >= 0.6 is 0 Å². The number of methoxy groups -OCH3 is 1. The lowest BCUT2D eigenvalue weighted by molar-refractivity contribution is -0.120. The molecular weight excluding hydrogens is 400 g/mol. The van der Waals surface area contributed by atoms with E-state index in [0.717, 1.165) is 12.0 Å². The van der Waals surface area contributed by atoms with Crippen molar-refractivity contribution >= 4 is 23.1 Å². The monoisotopic (exact) mass is 424 g/mol. The van der Waals surface area contributed by atoms with Gasteiger partial charge in [-0.05, 0) is 42.7 Å². The average molecular weight is 425 g/mol. The molecule has 3 aromatic carbocycles. The lowest BCUT2D eigenvalue weighted by Gasteiger charge is -2.31. The van der Waals surface area contributed by atoms with Crippen LogP contribution in [-0.4, -0.2) is 30.4 Å². The molecule has 0 saturated carbocycles. The van der Waals surface area contributed by atoms with Crippen LogP contribution in [0.4, 0.5) is 5.69 Å². The van der Waals surface area contributed by atoms with E-state index < -0.39 is 0 Å². The number of benzene rings is 3. The molecule has 0 aromatic heterocycles. The van der Waals surface area contributed by atoms with E-state index >= 15 is 0 Å². The van der Waals surface area contributed by atoms with Gasteiger partial charge in [0.05, 0.1) is 18.4 Å². The van der Waals surface area contributed by atoms with Crippen molar-refractivity contribution in [1.29, 1.82) is 0 Å². The first kappa shape index (κ1) is 20.1. The van der Waals surface area contributed by atoms with Crippen LogP contribution in [0.5, 0.6) is 5.75 Å². The molecule has 160 valence electrons. The molecule has 0 spiro atoms. The third-order valence-corrected chi connectivity index (χ3v) is 6.17. The molecule has 0 atom stereocenters. The van der Waals surface area contributed by atoms with Crippen molar-refractivity contribution in [3.05, 3.63) is 101 Å². The number of nitrogens with zero attached hydrogens (tertiary/aromatic N) is 2. The van der Waals surface area contributed by atoms with E-state index in [1.54, 1.807) is 7.11 Å². The summed E-state index contributed by atoms with van der Waals surface area (Å²) in [5, 5.41) is 0. The molecule has 5 rings (SSSR count). The van der Waals surface area contributed by atoms with Crippen LogP contribution in [0, 0.1) is 6.92 Å². The molecule has 0 radical (unpaired) electrons. The van der Waals surface area contributed by atoms with Gasteiger partial charge in [0.1, 0.15) is 11.4 Å². The number of para-hydroxylation sites is 1. The lowest BCUT2D eigenvalue weighted by Crippen LogP contribution is -2.37. The molecule has 2 aliphatic rings. The summed E-state index contributed by atoms with van der Waals surface area (Å²) in [6, 6.07) is 23.1. The number of carbonyl (C=O) groups is 2. The maximum atomic E-state index is 13.8. The molecule has 5 nitrogen and oxygen atoms in total. The summed E-state index contributed by atoms with van der Waals surface area (Å²) in [5.41, 5.74) is 5.58. The Morgan fingerprint density at radius 3 is 2.25 bits per heavy atom. The zero-order valence-corrected chi connectivity index (χ0v) is 18.2. The Labute approximate surface area is 187 Å². The van der Waals surface area contributed by atoms with Gasteiger partial charge in [0, 0.05) is 18.7 Å². The van der Waals surface area contributed by atoms with E-state index in [1.807, 2.05) is 72.5 Å². The molecule has 2 amide bonds. The minimum atomic E-state index is -0.322. The quantitative estimate of drug-likeness (QED) is 0.585. The van der Waals surface area contributed by atoms with Gasteiger partial charge in [-0.3, -0.25) is 9.59 Å². The maximum absolute atomic E-state index is 13.8. The lowest BCUT2D eigenvalue weighted by atomic mass is 9.97. The van der Waals surface area contributed by atoms with E-state index in [4.69, 9.17) is 4.74 Å². The van der Waals surface area contributed by atoms with Crippen LogP contribution in [0.25, 0.3) is 5.57 Å². The van der Waals surface area contributed by atoms with E-state index in [-0.39, 0.29) is 11.8 Å². The molecule has 0 N–H and O–H groups in total. The van der Waals surface area contributed by atoms with E-state index in [9.17, 15) is 9.59 Å². The number of imide groups is 1. The standard InChI is InChI=1S/C27H24N2O3/c1-18-11-13-21(14-12-18)29-26(30)24(22-9-5-6-10-23(22)32-2)25(27(29)31)28-16-15-19-7-3-4-8-20(19)17-28/h3-14H,15-17H2,1-2H3. The maximum Gasteiger partial charge on any atom is 0.282 e. The molecule has 32 heavy (non-hydrogen) atoms. The Bertz CT molecular complexity index is 1240. The summed E-state index contributed by atoms with van der Waals surface area (Å²) < 4.78 is 5.56. The van der Waals surface area contributed by atoms with Gasteiger partial charge in [-0.25, -0.2) is 4.90 Å². The van der Waals surface area contributed by atoms with Gasteiger partial charge in [-0.15, -0.1) is 0 Å². The third-order valence-electron chi connectivity index (χ3n) is 6.17. The van der Waals surface area contributed by atoms with Crippen LogP contribution in [0.2, 0.25) is 0 Å². The second-order valence-electron chi connectivity index (χ2n) is 8.15. The summed E-state index contributed by atoms with van der Waals surface area (Å²) >= 11 is 0. The van der Waals surface area contributed by atoms with Crippen molar-refractivity contribution < 1.29 is 14.3 Å². The van der Waals surface area contributed by atoms with Crippen molar-refractivity contribution in [2.24, 2.45) is 0 Å². The fourth-order valence-electron chi connectivity index (χ4n) is 4.52. The van der Waals surface area contributed by atoms with Crippen molar-refractivity contribution in [2.75, 3.05) is 18.6 Å². The minimum absolute atomic E-state index is 0.292. The first-order chi connectivity index (χ1) is 15.6. The molecule has 5 heteroatoms. The Kier molecular flexibility index (Phi) is 5.02. The van der Waals surface area contributed by atoms with Gasteiger partial charge in [0.15, 0.2) is 0 Å². The normalized spacial score (nSPS) is 15.9. The van der Waals surface area contributed by atoms with Gasteiger partial charge in [-0.1, -0.05) is 60.2 Å². The second-order valence-corrected chi connectivity index (χ2v) is 8.15. The Morgan fingerprint density at radius 2 is 1.50 bits per heavy atom. The Morgan fingerprint density at radius 1 is 0.812 bits per heavy atom. The first-order valence-electron chi connectivity index (χ1n) is 10.7. The number of hydrogen-bond donors (Lipinski definition) is 0. The highest BCUT2D eigenvalue weighted by atomic mass is 16.5. The molecule has 0 aliphatic carbocycles. The molecular formula is C27H24N2O3. The number of aryl methyl sites for hydroxylation is 1. The number of hydrogen-bond acceptors (Lipinski definition) is 4. The minimum Gasteiger partial charge on any atom is -0.496 e. The topological polar surface area (TPSA) is 49.9 Å². The number of fused-ring (bicyclic) bond motifs is 1. The molecule has 3 aromatic rings. The number of ether oxygens (including phenoxy) is 1. The number of amides is 2. The summed E-state index contributed by atoms with van der Waals surface area (Å²) in [5.74, 6) is -0.0410. The van der Waals surface area contributed by atoms with Gasteiger partial charge < -0.3 is 9.64 Å². The fraction of sp³-hybridized carbons (Fsp3) is 0.185. The Balaban J connectivity index is 1.65. The SMILES string of the molecule is COc1ccccc1C1=C(N2CCc3ccccc3C2)C(=O)N(c2ccc(C)cc2)C1=O. The van der Waals surface area contributed by atoms with Gasteiger partial charge in [-0.2, -0.15) is 0 Å².